The Bertz CT molecular complexity index is 1210. The van der Waals surface area contributed by atoms with E-state index in [1.54, 1.807) is 25.1 Å². The maximum absolute atomic E-state index is 13.0. The molecule has 150 valence electrons. The van der Waals surface area contributed by atoms with Gasteiger partial charge in [-0.2, -0.15) is 0 Å². The zero-order valence-electron chi connectivity index (χ0n) is 15.6. The van der Waals surface area contributed by atoms with Crippen LogP contribution in [0, 0.1) is 6.92 Å². The number of aryl methyl sites for hydroxylation is 1. The molecule has 0 bridgehead atoms. The van der Waals surface area contributed by atoms with E-state index in [9.17, 15) is 14.7 Å². The second-order valence-electron chi connectivity index (χ2n) is 6.53. The number of carbonyl (C=O) groups is 2. The van der Waals surface area contributed by atoms with Crippen LogP contribution < -0.4 is 4.90 Å². The van der Waals surface area contributed by atoms with Crippen LogP contribution >= 0.6 is 39.9 Å². The largest absolute Gasteiger partial charge is 0.478 e. The number of rotatable bonds is 4. The minimum Gasteiger partial charge on any atom is -0.478 e. The van der Waals surface area contributed by atoms with Gasteiger partial charge in [-0.05, 0) is 48.9 Å². The van der Waals surface area contributed by atoms with E-state index in [0.717, 1.165) is 27.4 Å². The lowest BCUT2D eigenvalue weighted by Crippen LogP contribution is -2.28. The van der Waals surface area contributed by atoms with Crippen molar-refractivity contribution in [1.29, 1.82) is 0 Å². The number of carboxylic acids is 1. The number of thioether (sulfide) groups is 1. The first-order valence-electron chi connectivity index (χ1n) is 8.81. The molecule has 5 nitrogen and oxygen atoms in total. The number of carboxylic acid groups (broad SMARTS) is 1. The predicted octanol–water partition coefficient (Wildman–Crippen LogP) is 6.12. The highest BCUT2D eigenvalue weighted by atomic mass is 79.9. The fourth-order valence-electron chi connectivity index (χ4n) is 2.99. The quantitative estimate of drug-likeness (QED) is 0.344. The number of amides is 1. The van der Waals surface area contributed by atoms with E-state index in [4.69, 9.17) is 16.6 Å². The summed E-state index contributed by atoms with van der Waals surface area (Å²) in [5.41, 5.74) is 2.24. The van der Waals surface area contributed by atoms with Crippen molar-refractivity contribution in [3.63, 3.8) is 0 Å². The van der Waals surface area contributed by atoms with Gasteiger partial charge in [-0.15, -0.1) is 0 Å². The van der Waals surface area contributed by atoms with Crippen LogP contribution in [-0.2, 0) is 4.79 Å². The van der Waals surface area contributed by atoms with Crippen molar-refractivity contribution in [3.8, 4) is 11.3 Å². The van der Waals surface area contributed by atoms with Gasteiger partial charge in [0.25, 0.3) is 5.91 Å². The normalized spacial score (nSPS) is 15.3. The first-order valence-corrected chi connectivity index (χ1v) is 10.8. The molecule has 1 saturated heterocycles. The van der Waals surface area contributed by atoms with Gasteiger partial charge in [0.05, 0.1) is 16.2 Å². The number of anilines is 1. The van der Waals surface area contributed by atoms with E-state index in [1.165, 1.54) is 17.0 Å². The van der Waals surface area contributed by atoms with E-state index < -0.39 is 5.97 Å². The summed E-state index contributed by atoms with van der Waals surface area (Å²) >= 11 is 9.96. The highest BCUT2D eigenvalue weighted by Crippen LogP contribution is 2.38. The van der Waals surface area contributed by atoms with Crippen molar-refractivity contribution in [2.75, 3.05) is 4.90 Å². The minimum absolute atomic E-state index is 0.0961. The molecule has 0 spiro atoms. The molecule has 3 aromatic rings. The number of hydrogen-bond donors (Lipinski definition) is 1. The number of furan rings is 1. The molecule has 4 rings (SSSR count). The van der Waals surface area contributed by atoms with Crippen LogP contribution in [0.5, 0.6) is 0 Å². The van der Waals surface area contributed by atoms with Crippen molar-refractivity contribution in [2.45, 2.75) is 6.92 Å². The summed E-state index contributed by atoms with van der Waals surface area (Å²) in [6.45, 7) is 1.81. The van der Waals surface area contributed by atoms with Crippen molar-refractivity contribution in [1.82, 2.24) is 0 Å². The fourth-order valence-corrected chi connectivity index (χ4v) is 4.52. The number of aromatic carboxylic acids is 1. The number of carbonyl (C=O) groups excluding carboxylic acids is 1. The first kappa shape index (κ1) is 20.6. The summed E-state index contributed by atoms with van der Waals surface area (Å²) in [4.78, 5) is 26.1. The molecule has 1 amide bonds. The second kappa shape index (κ2) is 8.22. The number of halogens is 1. The summed E-state index contributed by atoms with van der Waals surface area (Å²) < 4.78 is 7.19. The van der Waals surface area contributed by atoms with Crippen LogP contribution in [0.3, 0.4) is 0 Å². The van der Waals surface area contributed by atoms with Crippen LogP contribution in [0.2, 0.25) is 0 Å². The third-order valence-electron chi connectivity index (χ3n) is 4.52. The predicted molar refractivity (Wildman–Crippen MR) is 126 cm³/mol. The number of hydrogen-bond acceptors (Lipinski definition) is 5. The van der Waals surface area contributed by atoms with E-state index in [0.29, 0.717) is 26.4 Å². The molecular formula is C22H14BrNO4S2. The summed E-state index contributed by atoms with van der Waals surface area (Å²) in [6.07, 6.45) is 1.65. The molecule has 2 heterocycles. The lowest BCUT2D eigenvalue weighted by molar-refractivity contribution is -0.113. The van der Waals surface area contributed by atoms with Gasteiger partial charge in [0.1, 0.15) is 11.5 Å². The Morgan fingerprint density at radius 1 is 1.17 bits per heavy atom. The maximum Gasteiger partial charge on any atom is 0.335 e. The lowest BCUT2D eigenvalue weighted by Gasteiger charge is -2.17. The Morgan fingerprint density at radius 2 is 1.90 bits per heavy atom. The van der Waals surface area contributed by atoms with Gasteiger partial charge in [0.15, 0.2) is 4.32 Å². The molecule has 8 heteroatoms. The van der Waals surface area contributed by atoms with E-state index in [1.807, 2.05) is 30.3 Å². The summed E-state index contributed by atoms with van der Waals surface area (Å²) in [6, 6.07) is 16.0. The van der Waals surface area contributed by atoms with Crippen molar-refractivity contribution < 1.29 is 19.1 Å². The van der Waals surface area contributed by atoms with E-state index >= 15 is 0 Å². The molecule has 30 heavy (non-hydrogen) atoms. The van der Waals surface area contributed by atoms with Gasteiger partial charge >= 0.3 is 5.97 Å². The molecular weight excluding hydrogens is 486 g/mol. The van der Waals surface area contributed by atoms with E-state index in [-0.39, 0.29) is 11.5 Å². The Morgan fingerprint density at radius 3 is 2.60 bits per heavy atom. The third-order valence-corrected chi connectivity index (χ3v) is 6.35. The molecule has 0 saturated carbocycles. The Hall–Kier alpha value is -2.68. The smallest absolute Gasteiger partial charge is 0.335 e. The van der Waals surface area contributed by atoms with Crippen molar-refractivity contribution >= 4 is 67.9 Å². The molecule has 2 aromatic carbocycles. The standard InChI is InChI=1S/C22H14BrNO4S2/c1-12-2-3-14(21(26)27)10-17(12)24-20(25)19(30-22(24)29)11-16-8-9-18(28-16)13-4-6-15(23)7-5-13/h2-11H,1H3,(H,26,27). The molecule has 1 N–H and O–H groups in total. The summed E-state index contributed by atoms with van der Waals surface area (Å²) in [5.74, 6) is -0.149. The minimum atomic E-state index is -1.06. The third kappa shape index (κ3) is 3.98. The lowest BCUT2D eigenvalue weighted by atomic mass is 10.1. The molecule has 0 aliphatic carbocycles. The number of nitrogens with zero attached hydrogens (tertiary/aromatic N) is 1. The van der Waals surface area contributed by atoms with Gasteiger partial charge in [0, 0.05) is 16.1 Å². The molecule has 1 aliphatic rings. The average Bonchev–Trinajstić information content (AvgIpc) is 3.28. The highest BCUT2D eigenvalue weighted by Gasteiger charge is 2.34. The van der Waals surface area contributed by atoms with Crippen LogP contribution in [0.4, 0.5) is 5.69 Å². The van der Waals surface area contributed by atoms with Gasteiger partial charge in [0.2, 0.25) is 0 Å². The molecule has 0 unspecified atom stereocenters. The zero-order chi connectivity index (χ0) is 21.4. The van der Waals surface area contributed by atoms with Gasteiger partial charge in [-0.3, -0.25) is 9.69 Å². The van der Waals surface area contributed by atoms with Crippen LogP contribution in [-0.4, -0.2) is 21.3 Å². The van der Waals surface area contributed by atoms with Gasteiger partial charge in [-0.1, -0.05) is 58.1 Å². The highest BCUT2D eigenvalue weighted by molar-refractivity contribution is 9.10. The van der Waals surface area contributed by atoms with Gasteiger partial charge < -0.3 is 9.52 Å². The van der Waals surface area contributed by atoms with Crippen molar-refractivity contribution in [3.05, 3.63) is 80.9 Å². The van der Waals surface area contributed by atoms with E-state index in [2.05, 4.69) is 15.9 Å². The Balaban J connectivity index is 1.63. The first-order chi connectivity index (χ1) is 14.3. The Kier molecular flexibility index (Phi) is 5.64. The monoisotopic (exact) mass is 499 g/mol. The molecule has 1 fully saturated rings. The topological polar surface area (TPSA) is 70.8 Å². The molecule has 1 aromatic heterocycles. The summed E-state index contributed by atoms with van der Waals surface area (Å²) in [7, 11) is 0. The molecule has 1 aliphatic heterocycles. The SMILES string of the molecule is Cc1ccc(C(=O)O)cc1N1C(=O)C(=Cc2ccc(-c3ccc(Br)cc3)o2)SC1=S. The van der Waals surface area contributed by atoms with Crippen LogP contribution in [0.15, 0.2) is 68.4 Å². The number of thiocarbonyl (C=S) groups is 1. The average molecular weight is 500 g/mol. The van der Waals surface area contributed by atoms with Crippen LogP contribution in [0.25, 0.3) is 17.4 Å². The molecule has 0 atom stereocenters. The van der Waals surface area contributed by atoms with Gasteiger partial charge in [-0.25, -0.2) is 4.79 Å². The zero-order valence-corrected chi connectivity index (χ0v) is 18.8. The summed E-state index contributed by atoms with van der Waals surface area (Å²) in [5, 5.41) is 9.27. The van der Waals surface area contributed by atoms with Crippen LogP contribution in [0.1, 0.15) is 21.7 Å². The second-order valence-corrected chi connectivity index (χ2v) is 9.12. The number of benzene rings is 2. The maximum atomic E-state index is 13.0. The fraction of sp³-hybridized carbons (Fsp3) is 0.0455. The molecule has 0 radical (unpaired) electrons. The Labute approximate surface area is 190 Å². The van der Waals surface area contributed by atoms with Crippen molar-refractivity contribution in [2.24, 2.45) is 0 Å².